The number of aliphatic hydroxyl groups is 1. The third-order valence-electron chi connectivity index (χ3n) is 3.74. The van der Waals surface area contributed by atoms with Crippen molar-refractivity contribution in [3.8, 4) is 0 Å². The standard InChI is InChI=1S/C15H22BrNO/c1-11-7-8-12(13(16)9-11)10-17-14-5-3-2-4-6-15(14)18/h7-9,14-15,17-18H,2-6,10H2,1H3. The molecule has 1 aromatic rings. The SMILES string of the molecule is Cc1ccc(CNC2CCCCCC2O)c(Br)c1. The molecule has 0 radical (unpaired) electrons. The number of nitrogens with one attached hydrogen (secondary N) is 1. The van der Waals surface area contributed by atoms with Crippen LogP contribution in [0.25, 0.3) is 0 Å². The molecule has 18 heavy (non-hydrogen) atoms. The Kier molecular flexibility index (Phi) is 5.22. The van der Waals surface area contributed by atoms with Crippen LogP contribution in [0.3, 0.4) is 0 Å². The van der Waals surface area contributed by atoms with Crippen molar-refractivity contribution < 1.29 is 5.11 Å². The van der Waals surface area contributed by atoms with Crippen molar-refractivity contribution in [1.82, 2.24) is 5.32 Å². The molecule has 1 fully saturated rings. The monoisotopic (exact) mass is 311 g/mol. The Hall–Kier alpha value is -0.380. The van der Waals surface area contributed by atoms with E-state index in [1.165, 1.54) is 24.0 Å². The van der Waals surface area contributed by atoms with Crippen molar-refractivity contribution in [2.24, 2.45) is 0 Å². The molecule has 2 nitrogen and oxygen atoms in total. The molecule has 0 aliphatic heterocycles. The van der Waals surface area contributed by atoms with Crippen molar-refractivity contribution in [2.45, 2.75) is 57.7 Å². The van der Waals surface area contributed by atoms with E-state index in [2.05, 4.69) is 46.4 Å². The van der Waals surface area contributed by atoms with Gasteiger partial charge in [0.05, 0.1) is 6.10 Å². The Bertz CT molecular complexity index is 394. The van der Waals surface area contributed by atoms with Crippen LogP contribution in [0.4, 0.5) is 0 Å². The Morgan fingerprint density at radius 3 is 2.83 bits per heavy atom. The van der Waals surface area contributed by atoms with Crippen LogP contribution in [0.15, 0.2) is 22.7 Å². The molecule has 1 saturated carbocycles. The summed E-state index contributed by atoms with van der Waals surface area (Å²) >= 11 is 3.60. The van der Waals surface area contributed by atoms with Gasteiger partial charge in [-0.3, -0.25) is 0 Å². The number of aryl methyl sites for hydroxylation is 1. The molecule has 2 rings (SSSR count). The van der Waals surface area contributed by atoms with Gasteiger partial charge >= 0.3 is 0 Å². The third kappa shape index (κ3) is 3.81. The Balaban J connectivity index is 1.93. The summed E-state index contributed by atoms with van der Waals surface area (Å²) in [6, 6.07) is 6.67. The van der Waals surface area contributed by atoms with E-state index in [1.54, 1.807) is 0 Å². The van der Waals surface area contributed by atoms with Gasteiger partial charge in [-0.05, 0) is 37.0 Å². The summed E-state index contributed by atoms with van der Waals surface area (Å²) in [4.78, 5) is 0. The molecule has 3 heteroatoms. The first-order valence-corrected chi connectivity index (χ1v) is 7.62. The van der Waals surface area contributed by atoms with Crippen molar-refractivity contribution in [2.75, 3.05) is 0 Å². The summed E-state index contributed by atoms with van der Waals surface area (Å²) in [7, 11) is 0. The largest absolute Gasteiger partial charge is 0.392 e. The highest BCUT2D eigenvalue weighted by Gasteiger charge is 2.20. The van der Waals surface area contributed by atoms with E-state index in [1.807, 2.05) is 0 Å². The van der Waals surface area contributed by atoms with Gasteiger partial charge in [-0.1, -0.05) is 47.3 Å². The molecule has 0 amide bonds. The van der Waals surface area contributed by atoms with E-state index < -0.39 is 0 Å². The zero-order valence-electron chi connectivity index (χ0n) is 11.0. The molecule has 2 atom stereocenters. The molecule has 0 bridgehead atoms. The predicted molar refractivity (Wildman–Crippen MR) is 78.6 cm³/mol. The number of benzene rings is 1. The maximum Gasteiger partial charge on any atom is 0.0693 e. The number of halogens is 1. The van der Waals surface area contributed by atoms with Crippen molar-refractivity contribution in [1.29, 1.82) is 0 Å². The first-order chi connectivity index (χ1) is 8.66. The number of hydrogen-bond donors (Lipinski definition) is 2. The Morgan fingerprint density at radius 2 is 2.06 bits per heavy atom. The zero-order valence-corrected chi connectivity index (χ0v) is 12.5. The van der Waals surface area contributed by atoms with Gasteiger partial charge in [0.15, 0.2) is 0 Å². The lowest BCUT2D eigenvalue weighted by molar-refractivity contribution is 0.119. The molecular weight excluding hydrogens is 290 g/mol. The molecule has 0 spiro atoms. The lowest BCUT2D eigenvalue weighted by atomic mass is 10.1. The van der Waals surface area contributed by atoms with Crippen molar-refractivity contribution in [3.05, 3.63) is 33.8 Å². The molecular formula is C15H22BrNO. The Labute approximate surface area is 118 Å². The van der Waals surface area contributed by atoms with E-state index in [-0.39, 0.29) is 12.1 Å². The zero-order chi connectivity index (χ0) is 13.0. The molecule has 0 aromatic heterocycles. The van der Waals surface area contributed by atoms with Gasteiger partial charge < -0.3 is 10.4 Å². The molecule has 1 aliphatic rings. The smallest absolute Gasteiger partial charge is 0.0693 e. The highest BCUT2D eigenvalue weighted by Crippen LogP contribution is 2.21. The molecule has 1 aliphatic carbocycles. The van der Waals surface area contributed by atoms with Crippen LogP contribution in [0, 0.1) is 6.92 Å². The molecule has 1 aromatic carbocycles. The lowest BCUT2D eigenvalue weighted by Gasteiger charge is -2.22. The second-order valence-corrected chi connectivity index (χ2v) is 6.14. The number of aliphatic hydroxyl groups excluding tert-OH is 1. The first kappa shape index (κ1) is 14.0. The summed E-state index contributed by atoms with van der Waals surface area (Å²) in [6.45, 7) is 2.92. The fraction of sp³-hybridized carbons (Fsp3) is 0.600. The number of hydrogen-bond acceptors (Lipinski definition) is 2. The minimum absolute atomic E-state index is 0.184. The highest BCUT2D eigenvalue weighted by molar-refractivity contribution is 9.10. The fourth-order valence-corrected chi connectivity index (χ4v) is 3.20. The van der Waals surface area contributed by atoms with E-state index in [0.29, 0.717) is 0 Å². The van der Waals surface area contributed by atoms with Gasteiger partial charge in [-0.25, -0.2) is 0 Å². The third-order valence-corrected chi connectivity index (χ3v) is 4.48. The summed E-state index contributed by atoms with van der Waals surface area (Å²) < 4.78 is 1.15. The van der Waals surface area contributed by atoms with Crippen molar-refractivity contribution >= 4 is 15.9 Å². The Morgan fingerprint density at radius 1 is 1.28 bits per heavy atom. The summed E-state index contributed by atoms with van der Waals surface area (Å²) in [5.74, 6) is 0. The van der Waals surface area contributed by atoms with E-state index in [4.69, 9.17) is 0 Å². The quantitative estimate of drug-likeness (QED) is 0.837. The summed E-state index contributed by atoms with van der Waals surface area (Å²) in [6.07, 6.45) is 5.48. The maximum absolute atomic E-state index is 10.1. The van der Waals surface area contributed by atoms with Gasteiger partial charge in [0, 0.05) is 17.1 Å². The second-order valence-electron chi connectivity index (χ2n) is 5.29. The number of rotatable bonds is 3. The average Bonchev–Trinajstić information content (AvgIpc) is 2.53. The summed E-state index contributed by atoms with van der Waals surface area (Å²) in [5, 5.41) is 13.6. The van der Waals surface area contributed by atoms with Crippen LogP contribution in [0.1, 0.15) is 43.2 Å². The van der Waals surface area contributed by atoms with Crippen LogP contribution in [-0.2, 0) is 6.54 Å². The van der Waals surface area contributed by atoms with Gasteiger partial charge in [0.25, 0.3) is 0 Å². The van der Waals surface area contributed by atoms with Crippen LogP contribution in [0.2, 0.25) is 0 Å². The van der Waals surface area contributed by atoms with Gasteiger partial charge in [-0.15, -0.1) is 0 Å². The van der Waals surface area contributed by atoms with E-state index >= 15 is 0 Å². The van der Waals surface area contributed by atoms with Crippen LogP contribution in [-0.4, -0.2) is 17.3 Å². The van der Waals surface area contributed by atoms with Gasteiger partial charge in [0.2, 0.25) is 0 Å². The summed E-state index contributed by atoms with van der Waals surface area (Å²) in [5.41, 5.74) is 2.53. The van der Waals surface area contributed by atoms with E-state index in [9.17, 15) is 5.11 Å². The van der Waals surface area contributed by atoms with Gasteiger partial charge in [0.1, 0.15) is 0 Å². The topological polar surface area (TPSA) is 32.3 Å². The minimum Gasteiger partial charge on any atom is -0.392 e. The highest BCUT2D eigenvalue weighted by atomic mass is 79.9. The van der Waals surface area contributed by atoms with Crippen molar-refractivity contribution in [3.63, 3.8) is 0 Å². The molecule has 2 unspecified atom stereocenters. The molecule has 100 valence electrons. The second kappa shape index (κ2) is 6.69. The van der Waals surface area contributed by atoms with Crippen LogP contribution >= 0.6 is 15.9 Å². The lowest BCUT2D eigenvalue weighted by Crippen LogP contribution is -2.38. The molecule has 0 saturated heterocycles. The minimum atomic E-state index is -0.184. The maximum atomic E-state index is 10.1. The molecule has 2 N–H and O–H groups in total. The average molecular weight is 312 g/mol. The fourth-order valence-electron chi connectivity index (χ4n) is 2.56. The van der Waals surface area contributed by atoms with E-state index in [0.717, 1.165) is 30.3 Å². The van der Waals surface area contributed by atoms with Gasteiger partial charge in [-0.2, -0.15) is 0 Å². The van der Waals surface area contributed by atoms with Crippen LogP contribution < -0.4 is 5.32 Å². The van der Waals surface area contributed by atoms with Crippen LogP contribution in [0.5, 0.6) is 0 Å². The predicted octanol–water partition coefficient (Wildman–Crippen LogP) is 3.54. The first-order valence-electron chi connectivity index (χ1n) is 6.83. The molecule has 0 heterocycles. The normalized spacial score (nSPS) is 24.8.